The number of hydrogen-bond acceptors (Lipinski definition) is 3. The summed E-state index contributed by atoms with van der Waals surface area (Å²) in [6, 6.07) is 7.65. The molecule has 0 radical (unpaired) electrons. The Morgan fingerprint density at radius 3 is 2.77 bits per heavy atom. The van der Waals surface area contributed by atoms with E-state index in [2.05, 4.69) is 15.9 Å². The van der Waals surface area contributed by atoms with E-state index in [1.165, 1.54) is 0 Å². The summed E-state index contributed by atoms with van der Waals surface area (Å²) in [4.78, 5) is 14.8. The molecule has 2 N–H and O–H groups in total. The lowest BCUT2D eigenvalue weighted by molar-refractivity contribution is -0.139. The molecule has 0 aliphatic carbocycles. The van der Waals surface area contributed by atoms with Crippen molar-refractivity contribution in [1.29, 1.82) is 0 Å². The number of nitrogens with zero attached hydrogens (tertiary/aromatic N) is 1. The predicted octanol–water partition coefficient (Wildman–Crippen LogP) is 2.90. The lowest BCUT2D eigenvalue weighted by Crippen LogP contribution is -2.53. The first-order valence-electron chi connectivity index (χ1n) is 7.87. The zero-order valence-corrected chi connectivity index (χ0v) is 14.9. The van der Waals surface area contributed by atoms with Crippen molar-refractivity contribution in [2.45, 2.75) is 32.2 Å². The maximum Gasteiger partial charge on any atom is 0.246 e. The molecule has 2 atom stereocenters. The summed E-state index contributed by atoms with van der Waals surface area (Å²) in [5, 5.41) is 0. The Labute approximate surface area is 141 Å². The Balaban J connectivity index is 2.07. The summed E-state index contributed by atoms with van der Waals surface area (Å²) < 4.78 is 6.49. The van der Waals surface area contributed by atoms with Crippen LogP contribution in [0, 0.1) is 5.92 Å². The van der Waals surface area contributed by atoms with Crippen LogP contribution in [0.5, 0.6) is 0 Å². The highest BCUT2D eigenvalue weighted by Gasteiger charge is 2.36. The van der Waals surface area contributed by atoms with Crippen molar-refractivity contribution >= 4 is 21.8 Å². The second-order valence-electron chi connectivity index (χ2n) is 6.13. The fraction of sp³-hybridized carbons (Fsp3) is 0.588. The van der Waals surface area contributed by atoms with Crippen molar-refractivity contribution in [3.05, 3.63) is 34.3 Å². The number of nitrogens with two attached hydrogens (primary N) is 1. The normalized spacial score (nSPS) is 21.5. The number of carbonyl (C=O) groups excluding carboxylic acids is 1. The minimum Gasteiger partial charge on any atom is -0.381 e. The SMILES string of the molecule is CCOCC1CCCN(C(=O)C(C)(N)c2ccc(Br)cc2)C1. The van der Waals surface area contributed by atoms with Crippen LogP contribution >= 0.6 is 15.9 Å². The van der Waals surface area contributed by atoms with Gasteiger partial charge in [-0.05, 0) is 50.3 Å². The second-order valence-corrected chi connectivity index (χ2v) is 7.04. The standard InChI is InChI=1S/C17H25BrN2O2/c1-3-22-12-13-5-4-10-20(11-13)16(21)17(2,19)14-6-8-15(18)9-7-14/h6-9,13H,3-5,10-12,19H2,1-2H3. The topological polar surface area (TPSA) is 55.6 Å². The van der Waals surface area contributed by atoms with Crippen molar-refractivity contribution in [3.8, 4) is 0 Å². The van der Waals surface area contributed by atoms with Crippen LogP contribution in [0.15, 0.2) is 28.7 Å². The molecular weight excluding hydrogens is 344 g/mol. The number of ether oxygens (including phenoxy) is 1. The van der Waals surface area contributed by atoms with Gasteiger partial charge in [0.25, 0.3) is 0 Å². The molecule has 22 heavy (non-hydrogen) atoms. The number of benzene rings is 1. The Bertz CT molecular complexity index is 502. The van der Waals surface area contributed by atoms with Gasteiger partial charge in [0.1, 0.15) is 5.54 Å². The van der Waals surface area contributed by atoms with Gasteiger partial charge in [-0.2, -0.15) is 0 Å². The molecule has 1 heterocycles. The molecule has 0 spiro atoms. The van der Waals surface area contributed by atoms with Crippen LogP contribution in [0.1, 0.15) is 32.3 Å². The zero-order chi connectivity index (χ0) is 16.2. The number of hydrogen-bond donors (Lipinski definition) is 1. The first-order valence-corrected chi connectivity index (χ1v) is 8.66. The summed E-state index contributed by atoms with van der Waals surface area (Å²) in [6.07, 6.45) is 2.13. The molecule has 5 heteroatoms. The number of carbonyl (C=O) groups is 1. The molecule has 0 bridgehead atoms. The van der Waals surface area contributed by atoms with E-state index in [-0.39, 0.29) is 5.91 Å². The number of likely N-dealkylation sites (tertiary alicyclic amines) is 1. The highest BCUT2D eigenvalue weighted by Crippen LogP contribution is 2.26. The Morgan fingerprint density at radius 2 is 2.14 bits per heavy atom. The molecule has 2 rings (SSSR count). The van der Waals surface area contributed by atoms with Crippen molar-refractivity contribution in [3.63, 3.8) is 0 Å². The van der Waals surface area contributed by atoms with Crippen LogP contribution in [0.4, 0.5) is 0 Å². The maximum atomic E-state index is 12.9. The number of halogens is 1. The molecule has 1 fully saturated rings. The smallest absolute Gasteiger partial charge is 0.246 e. The molecular formula is C17H25BrN2O2. The van der Waals surface area contributed by atoms with E-state index >= 15 is 0 Å². The van der Waals surface area contributed by atoms with Gasteiger partial charge in [0.15, 0.2) is 0 Å². The largest absolute Gasteiger partial charge is 0.381 e. The summed E-state index contributed by atoms with van der Waals surface area (Å²) in [5.41, 5.74) is 6.22. The van der Waals surface area contributed by atoms with E-state index in [0.717, 1.165) is 49.2 Å². The van der Waals surface area contributed by atoms with Gasteiger partial charge >= 0.3 is 0 Å². The van der Waals surface area contributed by atoms with Crippen LogP contribution in [0.3, 0.4) is 0 Å². The minimum absolute atomic E-state index is 0.00368. The summed E-state index contributed by atoms with van der Waals surface area (Å²) in [7, 11) is 0. The van der Waals surface area contributed by atoms with Gasteiger partial charge in [0, 0.05) is 24.2 Å². The molecule has 2 unspecified atom stereocenters. The number of amides is 1. The lowest BCUT2D eigenvalue weighted by atomic mass is 9.89. The van der Waals surface area contributed by atoms with Gasteiger partial charge in [-0.15, -0.1) is 0 Å². The molecule has 0 saturated carbocycles. The van der Waals surface area contributed by atoms with Gasteiger partial charge in [0.05, 0.1) is 6.61 Å². The minimum atomic E-state index is -0.992. The summed E-state index contributed by atoms with van der Waals surface area (Å²) >= 11 is 3.41. The molecule has 1 aromatic rings. The Kier molecular flexibility index (Phi) is 6.01. The van der Waals surface area contributed by atoms with Crippen LogP contribution in [0.2, 0.25) is 0 Å². The van der Waals surface area contributed by atoms with E-state index in [9.17, 15) is 4.79 Å². The van der Waals surface area contributed by atoms with Crippen molar-refractivity contribution in [1.82, 2.24) is 4.90 Å². The van der Waals surface area contributed by atoms with Crippen molar-refractivity contribution in [2.75, 3.05) is 26.3 Å². The van der Waals surface area contributed by atoms with Crippen LogP contribution in [0.25, 0.3) is 0 Å². The highest BCUT2D eigenvalue weighted by atomic mass is 79.9. The third kappa shape index (κ3) is 4.09. The highest BCUT2D eigenvalue weighted by molar-refractivity contribution is 9.10. The molecule has 1 amide bonds. The molecule has 1 aromatic carbocycles. The van der Waals surface area contributed by atoms with Crippen molar-refractivity contribution < 1.29 is 9.53 Å². The maximum absolute atomic E-state index is 12.9. The van der Waals surface area contributed by atoms with Crippen molar-refractivity contribution in [2.24, 2.45) is 11.7 Å². The molecule has 1 aliphatic heterocycles. The first kappa shape index (κ1) is 17.4. The van der Waals surface area contributed by atoms with E-state index in [0.29, 0.717) is 5.92 Å². The third-order valence-corrected chi connectivity index (χ3v) is 4.78. The summed E-state index contributed by atoms with van der Waals surface area (Å²) in [6.45, 7) is 6.76. The van der Waals surface area contributed by atoms with Gasteiger partial charge in [0.2, 0.25) is 5.91 Å². The first-order chi connectivity index (χ1) is 10.4. The monoisotopic (exact) mass is 368 g/mol. The molecule has 122 valence electrons. The van der Waals surface area contributed by atoms with E-state index in [1.54, 1.807) is 6.92 Å². The fourth-order valence-electron chi connectivity index (χ4n) is 2.92. The predicted molar refractivity (Wildman–Crippen MR) is 91.5 cm³/mol. The van der Waals surface area contributed by atoms with E-state index < -0.39 is 5.54 Å². The Hall–Kier alpha value is -0.910. The number of rotatable bonds is 5. The molecule has 4 nitrogen and oxygen atoms in total. The zero-order valence-electron chi connectivity index (χ0n) is 13.3. The van der Waals surface area contributed by atoms with Gasteiger partial charge in [-0.25, -0.2) is 0 Å². The van der Waals surface area contributed by atoms with Gasteiger partial charge in [-0.1, -0.05) is 28.1 Å². The molecule has 1 saturated heterocycles. The Morgan fingerprint density at radius 1 is 1.45 bits per heavy atom. The third-order valence-electron chi connectivity index (χ3n) is 4.25. The average molecular weight is 369 g/mol. The molecule has 0 aromatic heterocycles. The van der Waals surface area contributed by atoms with Gasteiger partial charge < -0.3 is 15.4 Å². The van der Waals surface area contributed by atoms with E-state index in [1.807, 2.05) is 36.1 Å². The lowest BCUT2D eigenvalue weighted by Gasteiger charge is -2.37. The number of piperidine rings is 1. The quantitative estimate of drug-likeness (QED) is 0.868. The average Bonchev–Trinajstić information content (AvgIpc) is 2.53. The fourth-order valence-corrected chi connectivity index (χ4v) is 3.18. The second kappa shape index (κ2) is 7.57. The van der Waals surface area contributed by atoms with Crippen LogP contribution in [-0.4, -0.2) is 37.1 Å². The van der Waals surface area contributed by atoms with Gasteiger partial charge in [-0.3, -0.25) is 4.79 Å². The van der Waals surface area contributed by atoms with E-state index in [4.69, 9.17) is 10.5 Å². The van der Waals surface area contributed by atoms with Crippen LogP contribution in [-0.2, 0) is 15.1 Å². The van der Waals surface area contributed by atoms with Crippen LogP contribution < -0.4 is 5.73 Å². The molecule has 1 aliphatic rings. The summed E-state index contributed by atoms with van der Waals surface area (Å²) in [5.74, 6) is 0.411.